The van der Waals surface area contributed by atoms with Crippen molar-refractivity contribution in [3.63, 3.8) is 0 Å². The van der Waals surface area contributed by atoms with Crippen LogP contribution in [0.1, 0.15) is 41.8 Å². The largest absolute Gasteiger partial charge is 0.354 e. The molecule has 2 heterocycles. The highest BCUT2D eigenvalue weighted by molar-refractivity contribution is 8.00. The Morgan fingerprint density at radius 3 is 2.35 bits per heavy atom. The first-order valence-corrected chi connectivity index (χ1v) is 12.1. The molecule has 1 saturated heterocycles. The number of sulfonamides is 1. The van der Waals surface area contributed by atoms with E-state index in [1.807, 2.05) is 59.2 Å². The summed E-state index contributed by atoms with van der Waals surface area (Å²) < 4.78 is 29.7. The first-order valence-electron chi connectivity index (χ1n) is 10.7. The molecule has 6 nitrogen and oxygen atoms in total. The van der Waals surface area contributed by atoms with E-state index < -0.39 is 10.0 Å². The number of amides is 1. The summed E-state index contributed by atoms with van der Waals surface area (Å²) in [5.74, 6) is 0.517. The van der Waals surface area contributed by atoms with Crippen molar-refractivity contribution >= 4 is 26.7 Å². The molecule has 0 radical (unpaired) electrons. The van der Waals surface area contributed by atoms with Crippen molar-refractivity contribution in [2.45, 2.75) is 26.7 Å². The standard InChI is InChI=1S/C24H27N3O3S/c1-3-19-10-12-21(13-11-19)24(28)27-15-7-14-26(16-17-27)23-18(2)22(31(29,30)25-23)20-8-5-4-6-9-20/h4-6,8-13H,3,7,14-17H2,1-2H3. The first-order chi connectivity index (χ1) is 14.9. The lowest BCUT2D eigenvalue weighted by Gasteiger charge is -2.24. The topological polar surface area (TPSA) is 70.1 Å². The number of amidine groups is 1. The highest BCUT2D eigenvalue weighted by atomic mass is 32.2. The zero-order valence-corrected chi connectivity index (χ0v) is 18.7. The number of nitrogens with zero attached hydrogens (tertiary/aromatic N) is 3. The van der Waals surface area contributed by atoms with Crippen LogP contribution in [0.15, 0.2) is 64.6 Å². The van der Waals surface area contributed by atoms with Gasteiger partial charge < -0.3 is 9.80 Å². The molecular formula is C24H27N3O3S. The van der Waals surface area contributed by atoms with Crippen molar-refractivity contribution in [2.24, 2.45) is 4.40 Å². The minimum atomic E-state index is -3.73. The molecule has 1 fully saturated rings. The summed E-state index contributed by atoms with van der Waals surface area (Å²) in [6.45, 7) is 6.28. The molecule has 0 bridgehead atoms. The smallest absolute Gasteiger partial charge is 0.285 e. The van der Waals surface area contributed by atoms with E-state index in [9.17, 15) is 13.2 Å². The van der Waals surface area contributed by atoms with Gasteiger partial charge in [0.2, 0.25) is 0 Å². The zero-order chi connectivity index (χ0) is 22.0. The average Bonchev–Trinajstić information content (AvgIpc) is 2.93. The molecule has 2 aromatic carbocycles. The molecule has 0 N–H and O–H groups in total. The summed E-state index contributed by atoms with van der Waals surface area (Å²) in [6.07, 6.45) is 1.70. The minimum absolute atomic E-state index is 0.0164. The molecule has 2 aliphatic rings. The summed E-state index contributed by atoms with van der Waals surface area (Å²) in [7, 11) is -3.73. The molecule has 31 heavy (non-hydrogen) atoms. The zero-order valence-electron chi connectivity index (χ0n) is 17.9. The Morgan fingerprint density at radius 1 is 0.968 bits per heavy atom. The molecule has 1 amide bonds. The maximum absolute atomic E-state index is 13.0. The van der Waals surface area contributed by atoms with Crippen LogP contribution in [0.4, 0.5) is 0 Å². The van der Waals surface area contributed by atoms with Crippen LogP contribution in [0.2, 0.25) is 0 Å². The molecule has 0 atom stereocenters. The third-order valence-electron chi connectivity index (χ3n) is 5.87. The number of benzene rings is 2. The Bertz CT molecular complexity index is 1140. The molecule has 0 spiro atoms. The van der Waals surface area contributed by atoms with E-state index in [4.69, 9.17) is 0 Å². The second-order valence-corrected chi connectivity index (χ2v) is 9.43. The first kappa shape index (κ1) is 21.3. The van der Waals surface area contributed by atoms with Gasteiger partial charge in [0.05, 0.1) is 0 Å². The molecule has 4 rings (SSSR count). The van der Waals surface area contributed by atoms with Crippen LogP contribution in [0, 0.1) is 0 Å². The molecule has 0 unspecified atom stereocenters. The second-order valence-electron chi connectivity index (χ2n) is 7.89. The molecule has 0 aromatic heterocycles. The van der Waals surface area contributed by atoms with Gasteiger partial charge in [0.25, 0.3) is 15.9 Å². The van der Waals surface area contributed by atoms with E-state index in [0.717, 1.165) is 12.8 Å². The fourth-order valence-corrected chi connectivity index (χ4v) is 5.65. The van der Waals surface area contributed by atoms with E-state index >= 15 is 0 Å². The van der Waals surface area contributed by atoms with Crippen molar-refractivity contribution in [3.05, 3.63) is 76.9 Å². The maximum Gasteiger partial charge on any atom is 0.285 e. The van der Waals surface area contributed by atoms with Crippen molar-refractivity contribution in [3.8, 4) is 0 Å². The maximum atomic E-state index is 13.0. The summed E-state index contributed by atoms with van der Waals surface area (Å²) >= 11 is 0. The van der Waals surface area contributed by atoms with E-state index in [2.05, 4.69) is 11.3 Å². The predicted molar refractivity (Wildman–Crippen MR) is 123 cm³/mol. The number of rotatable bonds is 3. The van der Waals surface area contributed by atoms with Crippen molar-refractivity contribution in [1.82, 2.24) is 9.80 Å². The van der Waals surface area contributed by atoms with Crippen LogP contribution in [0.25, 0.3) is 4.91 Å². The normalized spacial score (nSPS) is 18.7. The van der Waals surface area contributed by atoms with Gasteiger partial charge in [-0.3, -0.25) is 4.79 Å². The number of carbonyl (C=O) groups is 1. The summed E-state index contributed by atoms with van der Waals surface area (Å²) in [5.41, 5.74) is 3.21. The van der Waals surface area contributed by atoms with Gasteiger partial charge in [-0.1, -0.05) is 49.4 Å². The van der Waals surface area contributed by atoms with Crippen molar-refractivity contribution in [1.29, 1.82) is 0 Å². The van der Waals surface area contributed by atoms with Gasteiger partial charge in [0.15, 0.2) is 0 Å². The van der Waals surface area contributed by atoms with Gasteiger partial charge >= 0.3 is 0 Å². The fourth-order valence-electron chi connectivity index (χ4n) is 4.17. The van der Waals surface area contributed by atoms with Crippen LogP contribution in [0.3, 0.4) is 0 Å². The lowest BCUT2D eigenvalue weighted by molar-refractivity contribution is 0.0764. The summed E-state index contributed by atoms with van der Waals surface area (Å²) in [5, 5.41) is 0. The SMILES string of the molecule is CCc1ccc(C(=O)N2CCCN(C3=NS(=O)(=O)C(c4ccccc4)=C3C)CC2)cc1. The van der Waals surface area contributed by atoms with E-state index in [-0.39, 0.29) is 10.8 Å². The van der Waals surface area contributed by atoms with Crippen LogP contribution in [0.5, 0.6) is 0 Å². The van der Waals surface area contributed by atoms with Crippen LogP contribution < -0.4 is 0 Å². The average molecular weight is 438 g/mol. The van der Waals surface area contributed by atoms with Crippen molar-refractivity contribution < 1.29 is 13.2 Å². The Morgan fingerprint density at radius 2 is 1.68 bits per heavy atom. The van der Waals surface area contributed by atoms with Gasteiger partial charge in [0, 0.05) is 37.3 Å². The molecule has 7 heteroatoms. The van der Waals surface area contributed by atoms with Gasteiger partial charge in [-0.05, 0) is 43.0 Å². The van der Waals surface area contributed by atoms with Crippen LogP contribution in [-0.4, -0.2) is 56.1 Å². The Labute approximate surface area is 184 Å². The van der Waals surface area contributed by atoms with Gasteiger partial charge in [-0.15, -0.1) is 4.40 Å². The number of hydrogen-bond donors (Lipinski definition) is 0. The van der Waals surface area contributed by atoms with E-state index in [1.54, 1.807) is 12.1 Å². The third-order valence-corrected chi connectivity index (χ3v) is 7.34. The highest BCUT2D eigenvalue weighted by Gasteiger charge is 2.34. The molecule has 2 aliphatic heterocycles. The lowest BCUT2D eigenvalue weighted by Crippen LogP contribution is -2.37. The predicted octanol–water partition coefficient (Wildman–Crippen LogP) is 3.57. The van der Waals surface area contributed by atoms with E-state index in [1.165, 1.54) is 5.56 Å². The van der Waals surface area contributed by atoms with Crippen molar-refractivity contribution in [2.75, 3.05) is 26.2 Å². The van der Waals surface area contributed by atoms with Gasteiger partial charge in [0.1, 0.15) is 10.7 Å². The number of carbonyl (C=O) groups excluding carboxylic acids is 1. The number of hydrogen-bond acceptors (Lipinski definition) is 4. The fraction of sp³-hybridized carbons (Fsp3) is 0.333. The molecular weight excluding hydrogens is 410 g/mol. The molecule has 162 valence electrons. The lowest BCUT2D eigenvalue weighted by atomic mass is 10.1. The second kappa shape index (κ2) is 8.67. The summed E-state index contributed by atoms with van der Waals surface area (Å²) in [4.78, 5) is 17.1. The quantitative estimate of drug-likeness (QED) is 0.736. The number of aryl methyl sites for hydroxylation is 1. The van der Waals surface area contributed by atoms with E-state index in [0.29, 0.717) is 48.7 Å². The molecule has 0 aliphatic carbocycles. The van der Waals surface area contributed by atoms with Gasteiger partial charge in [-0.2, -0.15) is 8.42 Å². The molecule has 0 saturated carbocycles. The molecule has 2 aromatic rings. The van der Waals surface area contributed by atoms with Crippen LogP contribution in [-0.2, 0) is 16.4 Å². The van der Waals surface area contributed by atoms with Gasteiger partial charge in [-0.25, -0.2) is 0 Å². The van der Waals surface area contributed by atoms with Crippen LogP contribution >= 0.6 is 0 Å². The Hall–Kier alpha value is -2.93. The highest BCUT2D eigenvalue weighted by Crippen LogP contribution is 2.33. The Kier molecular flexibility index (Phi) is 5.96. The Balaban J connectivity index is 1.52. The monoisotopic (exact) mass is 437 g/mol. The third kappa shape index (κ3) is 4.28. The summed E-state index contributed by atoms with van der Waals surface area (Å²) in [6, 6.07) is 16.9. The minimum Gasteiger partial charge on any atom is -0.354 e.